The van der Waals surface area contributed by atoms with Crippen molar-refractivity contribution < 1.29 is 4.74 Å². The van der Waals surface area contributed by atoms with E-state index >= 15 is 0 Å². The van der Waals surface area contributed by atoms with Gasteiger partial charge in [-0.3, -0.25) is 10.5 Å². The number of aromatic nitrogens is 2. The molecule has 0 spiro atoms. The van der Waals surface area contributed by atoms with Crippen molar-refractivity contribution in [2.75, 3.05) is 13.7 Å². The number of hydrogen-bond acceptors (Lipinski definition) is 4. The van der Waals surface area contributed by atoms with Crippen molar-refractivity contribution >= 4 is 34.8 Å². The number of halogens is 3. The maximum atomic E-state index is 6.24. The van der Waals surface area contributed by atoms with Gasteiger partial charge in [-0.15, -0.1) is 0 Å². The minimum Gasteiger partial charge on any atom is -0.383 e. The van der Waals surface area contributed by atoms with E-state index in [0.29, 0.717) is 28.2 Å². The van der Waals surface area contributed by atoms with Gasteiger partial charge >= 0.3 is 0 Å². The predicted molar refractivity (Wildman–Crippen MR) is 84.7 cm³/mol. The summed E-state index contributed by atoms with van der Waals surface area (Å²) in [6.45, 7) is 1.07. The molecule has 0 bridgehead atoms. The molecule has 114 valence electrons. The highest BCUT2D eigenvalue weighted by atomic mass is 35.5. The van der Waals surface area contributed by atoms with Crippen molar-refractivity contribution in [3.63, 3.8) is 0 Å². The molecule has 1 heterocycles. The van der Waals surface area contributed by atoms with Crippen molar-refractivity contribution in [3.8, 4) is 0 Å². The summed E-state index contributed by atoms with van der Waals surface area (Å²) in [4.78, 5) is 0. The monoisotopic (exact) mass is 348 g/mol. The van der Waals surface area contributed by atoms with E-state index in [4.69, 9.17) is 45.4 Å². The second-order valence-electron chi connectivity index (χ2n) is 4.40. The van der Waals surface area contributed by atoms with Gasteiger partial charge < -0.3 is 4.74 Å². The molecule has 0 aliphatic rings. The number of nitrogens with two attached hydrogens (primary N) is 1. The molecule has 5 nitrogen and oxygen atoms in total. The van der Waals surface area contributed by atoms with Gasteiger partial charge in [0.05, 0.1) is 36.1 Å². The van der Waals surface area contributed by atoms with Crippen LogP contribution in [0.15, 0.2) is 24.4 Å². The fourth-order valence-electron chi connectivity index (χ4n) is 2.09. The third-order valence-electron chi connectivity index (χ3n) is 3.00. The van der Waals surface area contributed by atoms with Gasteiger partial charge in [0.2, 0.25) is 0 Å². The van der Waals surface area contributed by atoms with E-state index in [9.17, 15) is 0 Å². The highest BCUT2D eigenvalue weighted by Gasteiger charge is 2.22. The molecule has 0 aliphatic carbocycles. The molecular weight excluding hydrogens is 335 g/mol. The van der Waals surface area contributed by atoms with Crippen LogP contribution in [-0.4, -0.2) is 23.5 Å². The van der Waals surface area contributed by atoms with Crippen molar-refractivity contribution in [3.05, 3.63) is 50.7 Å². The first-order valence-electron chi connectivity index (χ1n) is 6.19. The van der Waals surface area contributed by atoms with E-state index in [1.807, 2.05) is 0 Å². The van der Waals surface area contributed by atoms with E-state index in [1.165, 1.54) is 0 Å². The molecule has 0 saturated carbocycles. The summed E-state index contributed by atoms with van der Waals surface area (Å²) in [5.74, 6) is 5.70. The summed E-state index contributed by atoms with van der Waals surface area (Å²) in [5, 5.41) is 5.79. The van der Waals surface area contributed by atoms with Crippen LogP contribution in [0.5, 0.6) is 0 Å². The second kappa shape index (κ2) is 7.45. The molecule has 21 heavy (non-hydrogen) atoms. The van der Waals surface area contributed by atoms with Crippen molar-refractivity contribution in [1.29, 1.82) is 0 Å². The molecule has 8 heteroatoms. The van der Waals surface area contributed by atoms with E-state index < -0.39 is 0 Å². The Bertz CT molecular complexity index is 597. The zero-order valence-electron chi connectivity index (χ0n) is 11.3. The summed E-state index contributed by atoms with van der Waals surface area (Å²) in [6.07, 6.45) is 1.57. The summed E-state index contributed by atoms with van der Waals surface area (Å²) >= 11 is 18.3. The van der Waals surface area contributed by atoms with Crippen LogP contribution in [0.3, 0.4) is 0 Å². The first-order chi connectivity index (χ1) is 10.1. The molecule has 2 rings (SSSR count). The quantitative estimate of drug-likeness (QED) is 0.621. The van der Waals surface area contributed by atoms with Gasteiger partial charge in [0.25, 0.3) is 0 Å². The third-order valence-corrected chi connectivity index (χ3v) is 3.73. The Morgan fingerprint density at radius 2 is 1.95 bits per heavy atom. The van der Waals surface area contributed by atoms with Gasteiger partial charge in [-0.25, -0.2) is 5.43 Å². The van der Waals surface area contributed by atoms with Crippen LogP contribution >= 0.6 is 34.8 Å². The fourth-order valence-corrected chi connectivity index (χ4v) is 2.88. The van der Waals surface area contributed by atoms with Crippen molar-refractivity contribution in [1.82, 2.24) is 15.2 Å². The van der Waals surface area contributed by atoms with Gasteiger partial charge in [0.1, 0.15) is 0 Å². The lowest BCUT2D eigenvalue weighted by atomic mass is 10.0. The first-order valence-corrected chi connectivity index (χ1v) is 7.32. The van der Waals surface area contributed by atoms with E-state index in [-0.39, 0.29) is 6.04 Å². The average Bonchev–Trinajstić information content (AvgIpc) is 2.78. The Labute approximate surface area is 137 Å². The minimum atomic E-state index is -0.381. The van der Waals surface area contributed by atoms with Gasteiger partial charge in [-0.05, 0) is 23.8 Å². The molecule has 0 radical (unpaired) electrons. The number of rotatable bonds is 6. The molecule has 2 aromatic rings. The molecule has 1 aromatic carbocycles. The maximum Gasteiger partial charge on any atom is 0.0894 e. The number of benzene rings is 1. The standard InChI is InChI=1S/C13H15Cl3N4O/c1-21-3-2-20-13(11(16)7-18-20)12(19-17)8-4-9(14)6-10(15)5-8/h4-7,12,19H,2-3,17H2,1H3. The molecule has 1 atom stereocenters. The molecule has 0 fully saturated rings. The third kappa shape index (κ3) is 3.88. The smallest absolute Gasteiger partial charge is 0.0894 e. The van der Waals surface area contributed by atoms with Crippen LogP contribution < -0.4 is 11.3 Å². The lowest BCUT2D eigenvalue weighted by Gasteiger charge is -2.19. The van der Waals surface area contributed by atoms with Gasteiger partial charge in [-0.2, -0.15) is 5.10 Å². The minimum absolute atomic E-state index is 0.381. The number of hydrazine groups is 1. The summed E-state index contributed by atoms with van der Waals surface area (Å²) in [5.41, 5.74) is 4.26. The molecule has 3 N–H and O–H groups in total. The Hall–Kier alpha value is -0.820. The lowest BCUT2D eigenvalue weighted by molar-refractivity contribution is 0.182. The van der Waals surface area contributed by atoms with Crippen LogP contribution in [0.25, 0.3) is 0 Å². The zero-order chi connectivity index (χ0) is 15.4. The highest BCUT2D eigenvalue weighted by Crippen LogP contribution is 2.31. The van der Waals surface area contributed by atoms with Gasteiger partial charge in [-0.1, -0.05) is 34.8 Å². The molecule has 0 saturated heterocycles. The normalized spacial score (nSPS) is 12.6. The van der Waals surface area contributed by atoms with Crippen molar-refractivity contribution in [2.45, 2.75) is 12.6 Å². The predicted octanol–water partition coefficient (Wildman–Crippen LogP) is 3.04. The first kappa shape index (κ1) is 16.5. The number of ether oxygens (including phenoxy) is 1. The molecular formula is C13H15Cl3N4O. The number of nitrogens with one attached hydrogen (secondary N) is 1. The summed E-state index contributed by atoms with van der Waals surface area (Å²) < 4.78 is 6.81. The van der Waals surface area contributed by atoms with Crippen LogP contribution in [0.2, 0.25) is 15.1 Å². The van der Waals surface area contributed by atoms with Crippen molar-refractivity contribution in [2.24, 2.45) is 5.84 Å². The SMILES string of the molecule is COCCn1ncc(Cl)c1C(NN)c1cc(Cl)cc(Cl)c1. The van der Waals surface area contributed by atoms with Gasteiger partial charge in [0, 0.05) is 17.2 Å². The van der Waals surface area contributed by atoms with Crippen LogP contribution in [0.4, 0.5) is 0 Å². The molecule has 1 unspecified atom stereocenters. The van der Waals surface area contributed by atoms with Crippen LogP contribution in [-0.2, 0) is 11.3 Å². The Kier molecular flexibility index (Phi) is 5.87. The second-order valence-corrected chi connectivity index (χ2v) is 5.68. The van der Waals surface area contributed by atoms with E-state index in [1.54, 1.807) is 36.2 Å². The molecule has 0 aliphatic heterocycles. The summed E-state index contributed by atoms with van der Waals surface area (Å²) in [7, 11) is 1.63. The van der Waals surface area contributed by atoms with E-state index in [2.05, 4.69) is 10.5 Å². The largest absolute Gasteiger partial charge is 0.383 e. The Morgan fingerprint density at radius 1 is 1.29 bits per heavy atom. The maximum absolute atomic E-state index is 6.24. The zero-order valence-corrected chi connectivity index (χ0v) is 13.6. The summed E-state index contributed by atoms with van der Waals surface area (Å²) in [6, 6.07) is 4.83. The van der Waals surface area contributed by atoms with E-state index in [0.717, 1.165) is 11.3 Å². The molecule has 1 aromatic heterocycles. The lowest BCUT2D eigenvalue weighted by Crippen LogP contribution is -2.31. The van der Waals surface area contributed by atoms with Gasteiger partial charge in [0.15, 0.2) is 0 Å². The number of nitrogens with zero attached hydrogens (tertiary/aromatic N) is 2. The topological polar surface area (TPSA) is 65.1 Å². The number of methoxy groups -OCH3 is 1. The van der Waals surface area contributed by atoms with Crippen LogP contribution in [0.1, 0.15) is 17.3 Å². The fraction of sp³-hybridized carbons (Fsp3) is 0.308. The Balaban J connectivity index is 2.43. The number of hydrogen-bond donors (Lipinski definition) is 2. The Morgan fingerprint density at radius 3 is 2.52 bits per heavy atom. The van der Waals surface area contributed by atoms with Crippen LogP contribution in [0, 0.1) is 0 Å². The average molecular weight is 350 g/mol. The molecule has 0 amide bonds. The highest BCUT2D eigenvalue weighted by molar-refractivity contribution is 6.34.